The molecule has 1 fully saturated rings. The molecule has 0 bridgehead atoms. The molecular formula is C11H19N3O4. The highest BCUT2D eigenvalue weighted by Crippen LogP contribution is 2.29. The number of carbonyl (C=O) groups is 3. The van der Waals surface area contributed by atoms with Crippen LogP contribution in [0.5, 0.6) is 0 Å². The summed E-state index contributed by atoms with van der Waals surface area (Å²) >= 11 is 0. The first-order valence-electron chi connectivity index (χ1n) is 5.94. The van der Waals surface area contributed by atoms with Crippen LogP contribution >= 0.6 is 0 Å². The maximum absolute atomic E-state index is 12.1. The summed E-state index contributed by atoms with van der Waals surface area (Å²) in [5.74, 6) is -2.33. The van der Waals surface area contributed by atoms with Crippen molar-refractivity contribution in [2.75, 3.05) is 13.1 Å². The molecule has 1 unspecified atom stereocenters. The SMILES string of the molecule is CCC1(C(=O)N[C@@H](CC(N)=O)C(=O)O)CCNC1. The van der Waals surface area contributed by atoms with Gasteiger partial charge >= 0.3 is 5.97 Å². The number of carbonyl (C=O) groups excluding carboxylic acids is 2. The van der Waals surface area contributed by atoms with Crippen LogP contribution in [0.2, 0.25) is 0 Å². The second kappa shape index (κ2) is 5.81. The predicted octanol–water partition coefficient (Wildman–Crippen LogP) is -1.18. The molecule has 0 spiro atoms. The van der Waals surface area contributed by atoms with Crippen molar-refractivity contribution in [2.24, 2.45) is 11.1 Å². The monoisotopic (exact) mass is 257 g/mol. The molecule has 1 rings (SSSR count). The third kappa shape index (κ3) is 3.19. The Morgan fingerprint density at radius 3 is 2.56 bits per heavy atom. The quantitative estimate of drug-likeness (QED) is 0.477. The number of carboxylic acid groups (broad SMARTS) is 1. The van der Waals surface area contributed by atoms with Crippen LogP contribution in [0.3, 0.4) is 0 Å². The van der Waals surface area contributed by atoms with Crippen molar-refractivity contribution >= 4 is 17.8 Å². The molecule has 7 heteroatoms. The highest BCUT2D eigenvalue weighted by atomic mass is 16.4. The van der Waals surface area contributed by atoms with E-state index in [1.807, 2.05) is 6.92 Å². The van der Waals surface area contributed by atoms with Gasteiger partial charge in [-0.2, -0.15) is 0 Å². The number of amides is 2. The number of carboxylic acids is 1. The number of rotatable bonds is 6. The molecule has 1 aliphatic heterocycles. The molecule has 7 nitrogen and oxygen atoms in total. The predicted molar refractivity (Wildman–Crippen MR) is 63.6 cm³/mol. The number of primary amides is 1. The molecule has 5 N–H and O–H groups in total. The summed E-state index contributed by atoms with van der Waals surface area (Å²) in [7, 11) is 0. The Kier molecular flexibility index (Phi) is 4.66. The lowest BCUT2D eigenvalue weighted by molar-refractivity contribution is -0.145. The summed E-state index contributed by atoms with van der Waals surface area (Å²) in [5, 5.41) is 14.4. The van der Waals surface area contributed by atoms with Gasteiger partial charge in [-0.1, -0.05) is 6.92 Å². The first kappa shape index (κ1) is 14.4. The van der Waals surface area contributed by atoms with Crippen molar-refractivity contribution in [2.45, 2.75) is 32.2 Å². The van der Waals surface area contributed by atoms with E-state index in [4.69, 9.17) is 10.8 Å². The minimum atomic E-state index is -1.25. The standard InChI is InChI=1S/C11H19N3O4/c1-2-11(3-4-13-6-11)10(18)14-7(9(16)17)5-8(12)15/h7,13H,2-6H2,1H3,(H2,12,15)(H,14,18)(H,16,17)/t7-,11?/m0/s1. The Hall–Kier alpha value is -1.63. The zero-order valence-corrected chi connectivity index (χ0v) is 10.4. The maximum atomic E-state index is 12.1. The Labute approximate surface area is 105 Å². The fourth-order valence-corrected chi connectivity index (χ4v) is 2.11. The average molecular weight is 257 g/mol. The van der Waals surface area contributed by atoms with Crippen LogP contribution in [0.15, 0.2) is 0 Å². The van der Waals surface area contributed by atoms with E-state index in [0.29, 0.717) is 19.4 Å². The van der Waals surface area contributed by atoms with Gasteiger partial charge in [0.25, 0.3) is 0 Å². The van der Waals surface area contributed by atoms with Gasteiger partial charge in [0.05, 0.1) is 11.8 Å². The van der Waals surface area contributed by atoms with Gasteiger partial charge in [0.15, 0.2) is 0 Å². The van der Waals surface area contributed by atoms with Gasteiger partial charge in [-0.15, -0.1) is 0 Å². The van der Waals surface area contributed by atoms with Crippen LogP contribution < -0.4 is 16.4 Å². The fourth-order valence-electron chi connectivity index (χ4n) is 2.11. The maximum Gasteiger partial charge on any atom is 0.326 e. The van der Waals surface area contributed by atoms with E-state index in [1.165, 1.54) is 0 Å². The molecule has 0 aliphatic carbocycles. The van der Waals surface area contributed by atoms with Crippen molar-refractivity contribution in [1.82, 2.24) is 10.6 Å². The normalized spacial score (nSPS) is 24.5. The highest BCUT2D eigenvalue weighted by Gasteiger charge is 2.41. The third-order valence-corrected chi connectivity index (χ3v) is 3.41. The topological polar surface area (TPSA) is 122 Å². The van der Waals surface area contributed by atoms with Gasteiger partial charge < -0.3 is 21.5 Å². The number of nitrogens with one attached hydrogen (secondary N) is 2. The van der Waals surface area contributed by atoms with Crippen molar-refractivity contribution in [3.05, 3.63) is 0 Å². The van der Waals surface area contributed by atoms with Crippen LogP contribution in [-0.2, 0) is 14.4 Å². The van der Waals surface area contributed by atoms with Gasteiger partial charge in [-0.3, -0.25) is 9.59 Å². The molecule has 0 saturated carbocycles. The molecule has 0 aromatic rings. The van der Waals surface area contributed by atoms with Gasteiger partial charge in [-0.05, 0) is 19.4 Å². The van der Waals surface area contributed by atoms with Crippen LogP contribution in [-0.4, -0.2) is 42.0 Å². The summed E-state index contributed by atoms with van der Waals surface area (Å²) in [6.07, 6.45) is 0.890. The van der Waals surface area contributed by atoms with Gasteiger partial charge in [-0.25, -0.2) is 4.79 Å². The van der Waals surface area contributed by atoms with Gasteiger partial charge in [0, 0.05) is 6.54 Å². The lowest BCUT2D eigenvalue weighted by Gasteiger charge is -2.27. The first-order chi connectivity index (χ1) is 8.41. The van der Waals surface area contributed by atoms with Crippen LogP contribution in [0.25, 0.3) is 0 Å². The second-order valence-electron chi connectivity index (χ2n) is 4.60. The summed E-state index contributed by atoms with van der Waals surface area (Å²) in [6.45, 7) is 3.14. The molecule has 0 aromatic carbocycles. The van der Waals surface area contributed by atoms with E-state index in [2.05, 4.69) is 10.6 Å². The zero-order valence-electron chi connectivity index (χ0n) is 10.4. The number of hydrogen-bond acceptors (Lipinski definition) is 4. The van der Waals surface area contributed by atoms with Gasteiger partial charge in [0.1, 0.15) is 6.04 Å². The lowest BCUT2D eigenvalue weighted by Crippen LogP contribution is -2.50. The fraction of sp³-hybridized carbons (Fsp3) is 0.727. The Balaban J connectivity index is 2.71. The molecule has 1 aliphatic rings. The lowest BCUT2D eigenvalue weighted by atomic mass is 9.83. The molecule has 1 saturated heterocycles. The summed E-state index contributed by atoms with van der Waals surface area (Å²) < 4.78 is 0. The largest absolute Gasteiger partial charge is 0.480 e. The summed E-state index contributed by atoms with van der Waals surface area (Å²) in [5.41, 5.74) is 4.38. The Bertz CT molecular complexity index is 350. The van der Waals surface area contributed by atoms with Crippen molar-refractivity contribution < 1.29 is 19.5 Å². The average Bonchev–Trinajstić information content (AvgIpc) is 2.77. The summed E-state index contributed by atoms with van der Waals surface area (Å²) in [4.78, 5) is 33.8. The minimum absolute atomic E-state index is 0.330. The molecular weight excluding hydrogens is 238 g/mol. The second-order valence-corrected chi connectivity index (χ2v) is 4.60. The third-order valence-electron chi connectivity index (χ3n) is 3.41. The summed E-state index contributed by atoms with van der Waals surface area (Å²) in [6, 6.07) is -1.25. The van der Waals surface area contributed by atoms with Gasteiger partial charge in [0.2, 0.25) is 11.8 Å². The molecule has 0 aromatic heterocycles. The minimum Gasteiger partial charge on any atom is -0.480 e. The Morgan fingerprint density at radius 1 is 1.50 bits per heavy atom. The molecule has 102 valence electrons. The van der Waals surface area contributed by atoms with E-state index >= 15 is 0 Å². The van der Waals surface area contributed by atoms with Crippen molar-refractivity contribution in [1.29, 1.82) is 0 Å². The van der Waals surface area contributed by atoms with Crippen LogP contribution in [0, 0.1) is 5.41 Å². The van der Waals surface area contributed by atoms with Crippen molar-refractivity contribution in [3.63, 3.8) is 0 Å². The highest BCUT2D eigenvalue weighted by molar-refractivity contribution is 5.90. The Morgan fingerprint density at radius 2 is 2.17 bits per heavy atom. The van der Waals surface area contributed by atoms with E-state index < -0.39 is 29.8 Å². The van der Waals surface area contributed by atoms with E-state index in [9.17, 15) is 14.4 Å². The number of nitrogens with two attached hydrogens (primary N) is 1. The van der Waals surface area contributed by atoms with E-state index in [-0.39, 0.29) is 5.91 Å². The van der Waals surface area contributed by atoms with E-state index in [1.54, 1.807) is 0 Å². The van der Waals surface area contributed by atoms with Crippen LogP contribution in [0.4, 0.5) is 0 Å². The first-order valence-corrected chi connectivity index (χ1v) is 5.94. The zero-order chi connectivity index (χ0) is 13.8. The molecule has 18 heavy (non-hydrogen) atoms. The molecule has 1 heterocycles. The van der Waals surface area contributed by atoms with Crippen molar-refractivity contribution in [3.8, 4) is 0 Å². The molecule has 2 atom stereocenters. The molecule has 2 amide bonds. The number of hydrogen-bond donors (Lipinski definition) is 4. The molecule has 0 radical (unpaired) electrons. The number of aliphatic carboxylic acids is 1. The van der Waals surface area contributed by atoms with Crippen LogP contribution in [0.1, 0.15) is 26.2 Å². The smallest absolute Gasteiger partial charge is 0.326 e. The van der Waals surface area contributed by atoms with E-state index in [0.717, 1.165) is 6.54 Å².